The largest absolute Gasteiger partial charge is 0.492 e. The predicted molar refractivity (Wildman–Crippen MR) is 78.3 cm³/mol. The van der Waals surface area contributed by atoms with Gasteiger partial charge in [0.15, 0.2) is 0 Å². The number of hydrogen-bond acceptors (Lipinski definition) is 2. The number of halogens is 2. The van der Waals surface area contributed by atoms with Crippen molar-refractivity contribution >= 4 is 37.9 Å². The van der Waals surface area contributed by atoms with Crippen LogP contribution in [0.1, 0.15) is 26.3 Å². The summed E-state index contributed by atoms with van der Waals surface area (Å²) in [6.07, 6.45) is 1.52. The van der Waals surface area contributed by atoms with Crippen molar-refractivity contribution in [1.29, 1.82) is 0 Å². The van der Waals surface area contributed by atoms with Crippen molar-refractivity contribution in [3.05, 3.63) is 32.2 Å². The fourth-order valence-electron chi connectivity index (χ4n) is 1.33. The van der Waals surface area contributed by atoms with Gasteiger partial charge in [-0.15, -0.1) is 0 Å². The summed E-state index contributed by atoms with van der Waals surface area (Å²) in [7, 11) is 0. The van der Waals surface area contributed by atoms with Crippen LogP contribution < -0.4 is 4.74 Å². The minimum absolute atomic E-state index is 0.431. The lowest BCUT2D eigenvalue weighted by molar-refractivity contribution is 0.232. The first-order valence-corrected chi connectivity index (χ1v) is 7.02. The molecule has 0 bridgehead atoms. The van der Waals surface area contributed by atoms with E-state index in [2.05, 4.69) is 31.9 Å². The Morgan fingerprint density at radius 2 is 1.94 bits per heavy atom. The van der Waals surface area contributed by atoms with E-state index in [4.69, 9.17) is 4.74 Å². The van der Waals surface area contributed by atoms with E-state index in [0.29, 0.717) is 6.61 Å². The van der Waals surface area contributed by atoms with Crippen molar-refractivity contribution in [2.24, 2.45) is 0 Å². The van der Waals surface area contributed by atoms with Crippen LogP contribution >= 0.6 is 31.9 Å². The SMILES string of the molecule is CCOc1c(Br)cc(/C=C(/C)C(C)O)cc1Br. The van der Waals surface area contributed by atoms with Gasteiger partial charge in [-0.3, -0.25) is 0 Å². The number of hydrogen-bond donors (Lipinski definition) is 1. The number of aliphatic hydroxyl groups is 1. The topological polar surface area (TPSA) is 29.5 Å². The van der Waals surface area contributed by atoms with Gasteiger partial charge in [0.2, 0.25) is 0 Å². The Kier molecular flexibility index (Phi) is 5.70. The van der Waals surface area contributed by atoms with Crippen molar-refractivity contribution in [1.82, 2.24) is 0 Å². The molecule has 1 unspecified atom stereocenters. The van der Waals surface area contributed by atoms with Gasteiger partial charge in [-0.05, 0) is 75.9 Å². The number of aliphatic hydroxyl groups excluding tert-OH is 1. The lowest BCUT2D eigenvalue weighted by Crippen LogP contribution is -2.00. The second-order valence-electron chi connectivity index (χ2n) is 3.81. The van der Waals surface area contributed by atoms with Gasteiger partial charge in [-0.2, -0.15) is 0 Å². The molecule has 2 nitrogen and oxygen atoms in total. The number of benzene rings is 1. The van der Waals surface area contributed by atoms with E-state index >= 15 is 0 Å². The van der Waals surface area contributed by atoms with Crippen LogP contribution in [-0.2, 0) is 0 Å². The zero-order chi connectivity index (χ0) is 13.0. The number of ether oxygens (including phenoxy) is 1. The molecule has 0 heterocycles. The molecule has 0 aliphatic carbocycles. The fourth-order valence-corrected chi connectivity index (χ4v) is 2.78. The van der Waals surface area contributed by atoms with E-state index in [0.717, 1.165) is 25.8 Å². The van der Waals surface area contributed by atoms with E-state index in [1.54, 1.807) is 6.92 Å². The average molecular weight is 364 g/mol. The van der Waals surface area contributed by atoms with E-state index in [1.807, 2.05) is 32.1 Å². The first-order chi connectivity index (χ1) is 7.95. The molecular formula is C13H16Br2O2. The maximum atomic E-state index is 9.44. The standard InChI is InChI=1S/C13H16Br2O2/c1-4-17-13-11(14)6-10(7-12(13)15)5-8(2)9(3)16/h5-7,9,16H,4H2,1-3H3/b8-5-. The highest BCUT2D eigenvalue weighted by Gasteiger charge is 2.08. The van der Waals surface area contributed by atoms with Gasteiger partial charge < -0.3 is 9.84 Å². The van der Waals surface area contributed by atoms with Crippen LogP contribution in [0.2, 0.25) is 0 Å². The Labute approximate surface area is 119 Å². The second-order valence-corrected chi connectivity index (χ2v) is 5.52. The van der Waals surface area contributed by atoms with Crippen molar-refractivity contribution in [2.75, 3.05) is 6.61 Å². The highest BCUT2D eigenvalue weighted by atomic mass is 79.9. The van der Waals surface area contributed by atoms with E-state index in [1.165, 1.54) is 0 Å². The zero-order valence-electron chi connectivity index (χ0n) is 10.1. The Morgan fingerprint density at radius 3 is 2.35 bits per heavy atom. The van der Waals surface area contributed by atoms with Gasteiger partial charge in [0, 0.05) is 0 Å². The fraction of sp³-hybridized carbons (Fsp3) is 0.385. The summed E-state index contributed by atoms with van der Waals surface area (Å²) < 4.78 is 7.31. The summed E-state index contributed by atoms with van der Waals surface area (Å²) in [5.41, 5.74) is 1.94. The Balaban J connectivity index is 3.10. The first kappa shape index (κ1) is 14.7. The molecule has 1 aromatic carbocycles. The van der Waals surface area contributed by atoms with Crippen molar-refractivity contribution < 1.29 is 9.84 Å². The molecule has 0 spiro atoms. The molecule has 1 atom stereocenters. The van der Waals surface area contributed by atoms with Crippen LogP contribution in [0.5, 0.6) is 5.75 Å². The van der Waals surface area contributed by atoms with Gasteiger partial charge in [0.1, 0.15) is 5.75 Å². The van der Waals surface area contributed by atoms with Gasteiger partial charge in [0.05, 0.1) is 21.7 Å². The lowest BCUT2D eigenvalue weighted by atomic mass is 10.1. The van der Waals surface area contributed by atoms with E-state index in [9.17, 15) is 5.11 Å². The van der Waals surface area contributed by atoms with Crippen LogP contribution in [-0.4, -0.2) is 17.8 Å². The maximum absolute atomic E-state index is 9.44. The molecule has 0 radical (unpaired) electrons. The van der Waals surface area contributed by atoms with Crippen LogP contribution in [0.25, 0.3) is 6.08 Å². The van der Waals surface area contributed by atoms with Crippen LogP contribution in [0.15, 0.2) is 26.7 Å². The highest BCUT2D eigenvalue weighted by Crippen LogP contribution is 2.35. The Morgan fingerprint density at radius 1 is 1.41 bits per heavy atom. The predicted octanol–water partition coefficient (Wildman–Crippen LogP) is 4.39. The van der Waals surface area contributed by atoms with Gasteiger partial charge >= 0.3 is 0 Å². The molecule has 17 heavy (non-hydrogen) atoms. The van der Waals surface area contributed by atoms with E-state index in [-0.39, 0.29) is 0 Å². The van der Waals surface area contributed by atoms with Gasteiger partial charge in [0.25, 0.3) is 0 Å². The Bertz CT molecular complexity index is 402. The molecule has 0 aliphatic heterocycles. The molecule has 0 amide bonds. The second kappa shape index (κ2) is 6.57. The van der Waals surface area contributed by atoms with Crippen molar-refractivity contribution in [3.8, 4) is 5.75 Å². The Hall–Kier alpha value is -0.320. The third-order valence-electron chi connectivity index (χ3n) is 2.36. The molecule has 94 valence electrons. The summed E-state index contributed by atoms with van der Waals surface area (Å²) in [5.74, 6) is 0.805. The summed E-state index contributed by atoms with van der Waals surface area (Å²) >= 11 is 6.96. The molecule has 0 saturated heterocycles. The molecular weight excluding hydrogens is 348 g/mol. The van der Waals surface area contributed by atoms with Crippen LogP contribution in [0.3, 0.4) is 0 Å². The lowest BCUT2D eigenvalue weighted by Gasteiger charge is -2.10. The molecule has 0 aliphatic rings. The summed E-state index contributed by atoms with van der Waals surface area (Å²) in [4.78, 5) is 0. The minimum Gasteiger partial charge on any atom is -0.492 e. The number of rotatable bonds is 4. The molecule has 0 aromatic heterocycles. The molecule has 0 fully saturated rings. The molecule has 1 rings (SSSR count). The van der Waals surface area contributed by atoms with Crippen LogP contribution in [0.4, 0.5) is 0 Å². The third-order valence-corrected chi connectivity index (χ3v) is 3.54. The van der Waals surface area contributed by atoms with Gasteiger partial charge in [-0.1, -0.05) is 6.08 Å². The average Bonchev–Trinajstić information content (AvgIpc) is 2.23. The molecule has 1 N–H and O–H groups in total. The molecule has 1 aromatic rings. The van der Waals surface area contributed by atoms with Crippen LogP contribution in [0, 0.1) is 0 Å². The van der Waals surface area contributed by atoms with Crippen molar-refractivity contribution in [3.63, 3.8) is 0 Å². The summed E-state index contributed by atoms with van der Waals surface area (Å²) in [5, 5.41) is 9.44. The minimum atomic E-state index is -0.431. The maximum Gasteiger partial charge on any atom is 0.147 e. The van der Waals surface area contributed by atoms with E-state index < -0.39 is 6.10 Å². The first-order valence-electron chi connectivity index (χ1n) is 5.43. The highest BCUT2D eigenvalue weighted by molar-refractivity contribution is 9.11. The molecule has 0 saturated carbocycles. The summed E-state index contributed by atoms with van der Waals surface area (Å²) in [6.45, 7) is 6.23. The third kappa shape index (κ3) is 4.12. The monoisotopic (exact) mass is 362 g/mol. The van der Waals surface area contributed by atoms with Gasteiger partial charge in [-0.25, -0.2) is 0 Å². The zero-order valence-corrected chi connectivity index (χ0v) is 13.3. The smallest absolute Gasteiger partial charge is 0.147 e. The van der Waals surface area contributed by atoms with Crippen molar-refractivity contribution in [2.45, 2.75) is 26.9 Å². The summed E-state index contributed by atoms with van der Waals surface area (Å²) in [6, 6.07) is 3.95. The quantitative estimate of drug-likeness (QED) is 0.859. The normalized spacial score (nSPS) is 13.6. The molecule has 4 heteroatoms.